The van der Waals surface area contributed by atoms with Gasteiger partial charge in [-0.05, 0) is 12.1 Å². The summed E-state index contributed by atoms with van der Waals surface area (Å²) in [6.45, 7) is 0. The molecule has 0 aliphatic heterocycles. The van der Waals surface area contributed by atoms with E-state index >= 15 is 0 Å². The Kier molecular flexibility index (Phi) is 4.67. The second-order valence-electron chi connectivity index (χ2n) is 4.45. The fourth-order valence-electron chi connectivity index (χ4n) is 1.77. The minimum absolute atomic E-state index is 0.0265. The average molecular weight is 352 g/mol. The fourth-order valence-corrected chi connectivity index (χ4v) is 1.77. The molecule has 1 amide bonds. The maximum atomic E-state index is 13.6. The highest BCUT2D eigenvalue weighted by Crippen LogP contribution is 2.38. The number of benzene rings is 2. The highest BCUT2D eigenvalue weighted by atomic mass is 19.4. The first kappa shape index (κ1) is 17.6. The normalized spacial score (nSPS) is 11.3. The van der Waals surface area contributed by atoms with Crippen molar-refractivity contribution in [2.24, 2.45) is 0 Å². The molecule has 0 atom stereocenters. The molecule has 0 radical (unpaired) electrons. The Balaban J connectivity index is 2.34. The van der Waals surface area contributed by atoms with E-state index in [0.29, 0.717) is 0 Å². The van der Waals surface area contributed by atoms with Crippen LogP contribution in [0.25, 0.3) is 0 Å². The summed E-state index contributed by atoms with van der Waals surface area (Å²) in [5.41, 5.74) is -0.996. The number of alkyl halides is 3. The van der Waals surface area contributed by atoms with Crippen molar-refractivity contribution in [3.8, 4) is 0 Å². The summed E-state index contributed by atoms with van der Waals surface area (Å²) in [4.78, 5) is 11.7. The van der Waals surface area contributed by atoms with Crippen LogP contribution >= 0.6 is 0 Å². The number of hydrogen-bond acceptors (Lipinski definition) is 2. The Morgan fingerprint density at radius 3 is 1.79 bits per heavy atom. The van der Waals surface area contributed by atoms with E-state index in [1.807, 2.05) is 0 Å². The Bertz CT molecular complexity index is 746. The van der Waals surface area contributed by atoms with Gasteiger partial charge in [0.1, 0.15) is 11.3 Å². The summed E-state index contributed by atoms with van der Waals surface area (Å²) in [5, 5.41) is 0. The van der Waals surface area contributed by atoms with Gasteiger partial charge < -0.3 is 0 Å². The number of carbonyl (C=O) groups is 1. The Hall–Kier alpha value is -2.78. The lowest BCUT2D eigenvalue weighted by molar-refractivity contribution is -0.143. The fraction of sp³-hybridized carbons (Fsp3) is 0.0714. The molecule has 0 saturated heterocycles. The molecule has 2 rings (SSSR count). The molecule has 2 N–H and O–H groups in total. The molecule has 10 heteroatoms. The van der Waals surface area contributed by atoms with Crippen LogP contribution in [0.3, 0.4) is 0 Å². The van der Waals surface area contributed by atoms with Gasteiger partial charge in [-0.2, -0.15) is 13.2 Å². The molecule has 0 spiro atoms. The molecular weight excluding hydrogens is 345 g/mol. The minimum Gasteiger partial charge on any atom is -0.293 e. The van der Waals surface area contributed by atoms with E-state index in [9.17, 15) is 35.5 Å². The van der Waals surface area contributed by atoms with Crippen LogP contribution in [0.15, 0.2) is 30.3 Å². The van der Waals surface area contributed by atoms with Gasteiger partial charge in [0.25, 0.3) is 5.91 Å². The van der Waals surface area contributed by atoms with Crippen molar-refractivity contribution in [1.29, 1.82) is 0 Å². The lowest BCUT2D eigenvalue weighted by Crippen LogP contribution is -2.31. The maximum absolute atomic E-state index is 13.6. The Labute approximate surface area is 130 Å². The van der Waals surface area contributed by atoms with E-state index in [2.05, 4.69) is 0 Å². The van der Waals surface area contributed by atoms with Gasteiger partial charge in [0.05, 0.1) is 0 Å². The van der Waals surface area contributed by atoms with E-state index in [1.165, 1.54) is 24.3 Å². The van der Waals surface area contributed by atoms with Crippen LogP contribution in [0.5, 0.6) is 0 Å². The second-order valence-corrected chi connectivity index (χ2v) is 4.45. The van der Waals surface area contributed by atoms with Crippen molar-refractivity contribution in [3.63, 3.8) is 0 Å². The summed E-state index contributed by atoms with van der Waals surface area (Å²) in [5.74, 6) is -10.8. The zero-order valence-corrected chi connectivity index (χ0v) is 11.4. The topological polar surface area (TPSA) is 41.1 Å². The van der Waals surface area contributed by atoms with Gasteiger partial charge in [-0.15, -0.1) is 0 Å². The Morgan fingerprint density at radius 1 is 0.833 bits per heavy atom. The maximum Gasteiger partial charge on any atom is 0.422 e. The van der Waals surface area contributed by atoms with Crippen molar-refractivity contribution in [2.75, 3.05) is 5.43 Å². The third-order valence-electron chi connectivity index (χ3n) is 2.88. The van der Waals surface area contributed by atoms with Crippen LogP contribution < -0.4 is 10.9 Å². The van der Waals surface area contributed by atoms with Gasteiger partial charge in [0.2, 0.25) is 0 Å². The van der Waals surface area contributed by atoms with Crippen molar-refractivity contribution in [2.45, 2.75) is 6.18 Å². The predicted octanol–water partition coefficient (Wildman–Crippen LogP) is 4.02. The summed E-state index contributed by atoms with van der Waals surface area (Å²) in [6.07, 6.45) is -5.64. The lowest BCUT2D eigenvalue weighted by atomic mass is 10.1. The zero-order valence-electron chi connectivity index (χ0n) is 11.4. The molecule has 0 fully saturated rings. The summed E-state index contributed by atoms with van der Waals surface area (Å²) in [6, 6.07) is 7.14. The number of hydrazine groups is 1. The summed E-state index contributed by atoms with van der Waals surface area (Å²) < 4.78 is 91.3. The van der Waals surface area contributed by atoms with Crippen LogP contribution in [-0.4, -0.2) is 5.91 Å². The largest absolute Gasteiger partial charge is 0.422 e. The van der Waals surface area contributed by atoms with Gasteiger partial charge in [0.15, 0.2) is 23.3 Å². The Morgan fingerprint density at radius 2 is 1.33 bits per heavy atom. The molecule has 0 aliphatic carbocycles. The highest BCUT2D eigenvalue weighted by Gasteiger charge is 2.42. The first-order valence-electron chi connectivity index (χ1n) is 6.19. The molecule has 3 nitrogen and oxygen atoms in total. The van der Waals surface area contributed by atoms with Gasteiger partial charge in [0, 0.05) is 5.56 Å². The highest BCUT2D eigenvalue weighted by molar-refractivity contribution is 5.94. The SMILES string of the molecule is O=C(NNc1c(F)c(F)c(C(F)(F)F)c(F)c1F)c1ccccc1. The quantitative estimate of drug-likeness (QED) is 0.498. The van der Waals surface area contributed by atoms with Crippen molar-refractivity contribution < 1.29 is 35.5 Å². The molecule has 0 bridgehead atoms. The average Bonchev–Trinajstić information content (AvgIpc) is 2.52. The molecule has 2 aromatic carbocycles. The first-order chi connectivity index (χ1) is 11.1. The molecule has 0 aromatic heterocycles. The summed E-state index contributed by atoms with van der Waals surface area (Å²) >= 11 is 0. The molecule has 2 aromatic rings. The number of hydrogen-bond donors (Lipinski definition) is 2. The summed E-state index contributed by atoms with van der Waals surface area (Å²) in [7, 11) is 0. The van der Waals surface area contributed by atoms with Crippen molar-refractivity contribution in [3.05, 3.63) is 64.7 Å². The van der Waals surface area contributed by atoms with Gasteiger partial charge >= 0.3 is 6.18 Å². The molecule has 0 heterocycles. The van der Waals surface area contributed by atoms with Crippen molar-refractivity contribution in [1.82, 2.24) is 5.43 Å². The number of rotatable bonds is 3. The molecular formula is C14H7F7N2O. The second kappa shape index (κ2) is 6.38. The van der Waals surface area contributed by atoms with E-state index < -0.39 is 46.6 Å². The molecule has 24 heavy (non-hydrogen) atoms. The molecule has 0 aliphatic rings. The smallest absolute Gasteiger partial charge is 0.293 e. The first-order valence-corrected chi connectivity index (χ1v) is 6.19. The lowest BCUT2D eigenvalue weighted by Gasteiger charge is -2.15. The minimum atomic E-state index is -5.64. The van der Waals surface area contributed by atoms with Crippen molar-refractivity contribution >= 4 is 11.6 Å². The zero-order chi connectivity index (χ0) is 18.1. The molecule has 128 valence electrons. The van der Waals surface area contributed by atoms with Crippen LogP contribution in [0.2, 0.25) is 0 Å². The number of carbonyl (C=O) groups excluding carboxylic acids is 1. The van der Waals surface area contributed by atoms with Gasteiger partial charge in [-0.3, -0.25) is 15.6 Å². The third-order valence-corrected chi connectivity index (χ3v) is 2.88. The standard InChI is InChI=1S/C14H7F7N2O/c15-8-7(14(19,20)21)9(16)11(18)12(10(8)17)22-23-13(24)6-4-2-1-3-5-6/h1-5,22H,(H,23,24). The number of amides is 1. The number of nitrogens with one attached hydrogen (secondary N) is 2. The molecule has 0 unspecified atom stereocenters. The van der Waals surface area contributed by atoms with Gasteiger partial charge in [-0.25, -0.2) is 17.6 Å². The number of halogens is 7. The van der Waals surface area contributed by atoms with E-state index in [-0.39, 0.29) is 5.56 Å². The monoisotopic (exact) mass is 352 g/mol. The van der Waals surface area contributed by atoms with Crippen LogP contribution in [-0.2, 0) is 6.18 Å². The third kappa shape index (κ3) is 3.26. The molecule has 0 saturated carbocycles. The van der Waals surface area contributed by atoms with Crippen LogP contribution in [0.1, 0.15) is 15.9 Å². The van der Waals surface area contributed by atoms with E-state index in [1.54, 1.807) is 16.9 Å². The van der Waals surface area contributed by atoms with E-state index in [0.717, 1.165) is 0 Å². The van der Waals surface area contributed by atoms with E-state index in [4.69, 9.17) is 0 Å². The predicted molar refractivity (Wildman–Crippen MR) is 68.8 cm³/mol. The number of anilines is 1. The van der Waals surface area contributed by atoms with Crippen LogP contribution in [0.4, 0.5) is 36.4 Å². The van der Waals surface area contributed by atoms with Gasteiger partial charge in [-0.1, -0.05) is 18.2 Å². The van der Waals surface area contributed by atoms with Crippen LogP contribution in [0, 0.1) is 23.3 Å².